The number of fused-ring (bicyclic) bond motifs is 1. The fourth-order valence-electron chi connectivity index (χ4n) is 2.96. The molecule has 0 aromatic carbocycles. The van der Waals surface area contributed by atoms with E-state index in [4.69, 9.17) is 10.7 Å². The van der Waals surface area contributed by atoms with Crippen LogP contribution in [0.2, 0.25) is 0 Å². The maximum absolute atomic E-state index is 6.59. The SMILES string of the molecule is CCCCSc1sc2nc(-c3nccs3)cc(-c3nccn3CC)c2c1N. The first-order chi connectivity index (χ1) is 13.2. The number of nitrogen functional groups attached to an aromatic ring is 1. The van der Waals surface area contributed by atoms with Gasteiger partial charge in [-0.25, -0.2) is 15.0 Å². The van der Waals surface area contributed by atoms with E-state index >= 15 is 0 Å². The summed E-state index contributed by atoms with van der Waals surface area (Å²) in [6.07, 6.45) is 8.03. The number of thiazole rings is 1. The van der Waals surface area contributed by atoms with Gasteiger partial charge in [0.2, 0.25) is 0 Å². The van der Waals surface area contributed by atoms with E-state index in [1.807, 2.05) is 35.7 Å². The van der Waals surface area contributed by atoms with Gasteiger partial charge in [0.1, 0.15) is 21.4 Å². The third-order valence-corrected chi connectivity index (χ3v) is 7.61. The summed E-state index contributed by atoms with van der Waals surface area (Å²) in [4.78, 5) is 14.9. The number of aryl methyl sites for hydroxylation is 1. The average Bonchev–Trinajstić information content (AvgIpc) is 3.42. The van der Waals surface area contributed by atoms with E-state index in [1.54, 1.807) is 22.7 Å². The molecule has 0 saturated carbocycles. The van der Waals surface area contributed by atoms with Crippen molar-refractivity contribution >= 4 is 50.3 Å². The first-order valence-electron chi connectivity index (χ1n) is 9.00. The van der Waals surface area contributed by atoms with E-state index in [-0.39, 0.29) is 0 Å². The highest BCUT2D eigenvalue weighted by Crippen LogP contribution is 2.45. The molecule has 0 bridgehead atoms. The van der Waals surface area contributed by atoms with Crippen LogP contribution in [0.15, 0.2) is 34.2 Å². The third-order valence-electron chi connectivity index (χ3n) is 4.34. The topological polar surface area (TPSA) is 69.6 Å². The molecule has 0 aliphatic rings. The minimum Gasteiger partial charge on any atom is -0.397 e. The molecule has 0 spiro atoms. The zero-order valence-corrected chi connectivity index (χ0v) is 17.8. The second-order valence-corrected chi connectivity index (χ2v) is 9.37. The lowest BCUT2D eigenvalue weighted by Gasteiger charge is -2.09. The number of thioether (sulfide) groups is 1. The maximum Gasteiger partial charge on any atom is 0.141 e. The van der Waals surface area contributed by atoms with Crippen molar-refractivity contribution in [1.29, 1.82) is 0 Å². The number of anilines is 1. The van der Waals surface area contributed by atoms with Crippen LogP contribution >= 0.6 is 34.4 Å². The second-order valence-electron chi connectivity index (χ2n) is 6.11. The van der Waals surface area contributed by atoms with Gasteiger partial charge in [0.25, 0.3) is 0 Å². The highest BCUT2D eigenvalue weighted by atomic mass is 32.2. The second kappa shape index (κ2) is 8.00. The van der Waals surface area contributed by atoms with Crippen molar-refractivity contribution in [2.75, 3.05) is 11.5 Å². The first-order valence-corrected chi connectivity index (χ1v) is 11.7. The number of aromatic nitrogens is 4. The number of hydrogen-bond acceptors (Lipinski definition) is 7. The van der Waals surface area contributed by atoms with Crippen LogP contribution in [0.25, 0.3) is 32.3 Å². The molecular formula is C19H21N5S3. The Hall–Kier alpha value is -1.90. The van der Waals surface area contributed by atoms with E-state index < -0.39 is 0 Å². The number of hydrogen-bond donors (Lipinski definition) is 1. The normalized spacial score (nSPS) is 11.5. The number of nitrogens with two attached hydrogens (primary N) is 1. The Labute approximate surface area is 170 Å². The fourth-order valence-corrected chi connectivity index (χ4v) is 6.01. The van der Waals surface area contributed by atoms with Crippen LogP contribution in [-0.2, 0) is 6.54 Å². The van der Waals surface area contributed by atoms with Crippen LogP contribution in [0.3, 0.4) is 0 Å². The molecule has 0 aliphatic heterocycles. The quantitative estimate of drug-likeness (QED) is 0.306. The Morgan fingerprint density at radius 3 is 2.85 bits per heavy atom. The van der Waals surface area contributed by atoms with Crippen LogP contribution in [-0.4, -0.2) is 25.3 Å². The summed E-state index contributed by atoms with van der Waals surface area (Å²) in [5.74, 6) is 2.00. The fraction of sp³-hybridized carbons (Fsp3) is 0.316. The van der Waals surface area contributed by atoms with Gasteiger partial charge in [0.05, 0.1) is 9.90 Å². The molecule has 8 heteroatoms. The van der Waals surface area contributed by atoms with E-state index in [1.165, 1.54) is 12.8 Å². The molecule has 0 amide bonds. The average molecular weight is 416 g/mol. The predicted molar refractivity (Wildman–Crippen MR) is 118 cm³/mol. The summed E-state index contributed by atoms with van der Waals surface area (Å²) in [5.41, 5.74) is 9.33. The lowest BCUT2D eigenvalue weighted by atomic mass is 10.1. The molecule has 4 aromatic rings. The molecule has 140 valence electrons. The van der Waals surface area contributed by atoms with Crippen molar-refractivity contribution in [2.45, 2.75) is 37.4 Å². The van der Waals surface area contributed by atoms with E-state index in [2.05, 4.69) is 34.4 Å². The van der Waals surface area contributed by atoms with Gasteiger partial charge >= 0.3 is 0 Å². The number of rotatable bonds is 7. The predicted octanol–water partition coefficient (Wildman–Crippen LogP) is 5.78. The zero-order valence-electron chi connectivity index (χ0n) is 15.3. The number of imidazole rings is 1. The van der Waals surface area contributed by atoms with Crippen LogP contribution in [0.1, 0.15) is 26.7 Å². The van der Waals surface area contributed by atoms with E-state index in [0.717, 1.165) is 54.5 Å². The summed E-state index contributed by atoms with van der Waals surface area (Å²) in [7, 11) is 0. The Morgan fingerprint density at radius 2 is 2.11 bits per heavy atom. The van der Waals surface area contributed by atoms with Crippen molar-refractivity contribution in [3.63, 3.8) is 0 Å². The Morgan fingerprint density at radius 1 is 1.22 bits per heavy atom. The molecule has 0 atom stereocenters. The molecular weight excluding hydrogens is 394 g/mol. The molecule has 4 rings (SSSR count). The lowest BCUT2D eigenvalue weighted by molar-refractivity contribution is 0.771. The lowest BCUT2D eigenvalue weighted by Crippen LogP contribution is -1.98. The summed E-state index contributed by atoms with van der Waals surface area (Å²) < 4.78 is 3.29. The van der Waals surface area contributed by atoms with Gasteiger partial charge in [-0.3, -0.25) is 0 Å². The molecule has 0 aliphatic carbocycles. The molecule has 5 nitrogen and oxygen atoms in total. The molecule has 0 unspecified atom stereocenters. The van der Waals surface area contributed by atoms with Crippen molar-refractivity contribution in [1.82, 2.24) is 19.5 Å². The first kappa shape index (κ1) is 18.5. The minimum absolute atomic E-state index is 0.829. The van der Waals surface area contributed by atoms with Crippen LogP contribution in [0.4, 0.5) is 5.69 Å². The molecule has 0 fully saturated rings. The summed E-state index contributed by atoms with van der Waals surface area (Å²) in [5, 5.41) is 3.91. The Balaban J connectivity index is 1.92. The standard InChI is InChI=1S/C19H21N5S3/c1-3-5-9-26-19-15(20)14-12(16-21-6-8-24(16)4-2)11-13(23-18(14)27-19)17-22-7-10-25-17/h6-8,10-11H,3-5,9,20H2,1-2H3. The Bertz CT molecular complexity index is 1050. The minimum atomic E-state index is 0.829. The van der Waals surface area contributed by atoms with E-state index in [9.17, 15) is 0 Å². The highest BCUT2D eigenvalue weighted by Gasteiger charge is 2.20. The van der Waals surface area contributed by atoms with Crippen molar-refractivity contribution in [3.05, 3.63) is 30.0 Å². The smallest absolute Gasteiger partial charge is 0.141 e. The van der Waals surface area contributed by atoms with Crippen molar-refractivity contribution < 1.29 is 0 Å². The van der Waals surface area contributed by atoms with E-state index in [0.29, 0.717) is 0 Å². The molecule has 0 radical (unpaired) electrons. The van der Waals surface area contributed by atoms with Crippen LogP contribution < -0.4 is 5.73 Å². The van der Waals surface area contributed by atoms with Gasteiger partial charge in [-0.05, 0) is 25.2 Å². The third kappa shape index (κ3) is 3.49. The summed E-state index contributed by atoms with van der Waals surface area (Å²) in [6, 6.07) is 2.08. The van der Waals surface area contributed by atoms with Crippen LogP contribution in [0.5, 0.6) is 0 Å². The largest absolute Gasteiger partial charge is 0.397 e. The summed E-state index contributed by atoms with van der Waals surface area (Å²) >= 11 is 5.10. The molecule has 4 heterocycles. The van der Waals surface area contributed by atoms with Crippen molar-refractivity contribution in [2.24, 2.45) is 0 Å². The highest BCUT2D eigenvalue weighted by molar-refractivity contribution is 8.01. The van der Waals surface area contributed by atoms with Gasteiger partial charge in [0.15, 0.2) is 0 Å². The molecule has 27 heavy (non-hydrogen) atoms. The van der Waals surface area contributed by atoms with Crippen LogP contribution in [0, 0.1) is 0 Å². The number of nitrogens with zero attached hydrogens (tertiary/aromatic N) is 4. The van der Waals surface area contributed by atoms with Gasteiger partial charge in [-0.15, -0.1) is 34.4 Å². The molecule has 2 N–H and O–H groups in total. The van der Waals surface area contributed by atoms with Gasteiger partial charge < -0.3 is 10.3 Å². The van der Waals surface area contributed by atoms with Crippen molar-refractivity contribution in [3.8, 4) is 22.1 Å². The zero-order chi connectivity index (χ0) is 18.8. The number of unbranched alkanes of at least 4 members (excludes halogenated alkanes) is 1. The molecule has 0 saturated heterocycles. The maximum atomic E-state index is 6.59. The molecule has 4 aromatic heterocycles. The number of pyridine rings is 1. The monoisotopic (exact) mass is 415 g/mol. The Kier molecular flexibility index (Phi) is 5.47. The summed E-state index contributed by atoms with van der Waals surface area (Å²) in [6.45, 7) is 5.18. The van der Waals surface area contributed by atoms with Gasteiger partial charge in [-0.1, -0.05) is 13.3 Å². The number of thiophene rings is 1. The van der Waals surface area contributed by atoms with Gasteiger partial charge in [-0.2, -0.15) is 0 Å². The van der Waals surface area contributed by atoms with Gasteiger partial charge in [0, 0.05) is 41.5 Å².